The largest absolute Gasteiger partial charge is 0.307 e. The first-order valence-corrected chi connectivity index (χ1v) is 8.12. The smallest absolute Gasteiger partial charge is 0.0320 e. The Kier molecular flexibility index (Phi) is 5.91. The normalized spacial score (nSPS) is 20.7. The number of benzene rings is 1. The van der Waals surface area contributed by atoms with E-state index >= 15 is 0 Å². The van der Waals surface area contributed by atoms with Gasteiger partial charge in [-0.3, -0.25) is 0 Å². The summed E-state index contributed by atoms with van der Waals surface area (Å²) in [6.45, 7) is 4.67. The van der Waals surface area contributed by atoms with Crippen LogP contribution in [0.4, 0.5) is 0 Å². The van der Waals surface area contributed by atoms with Gasteiger partial charge in [-0.15, -0.1) is 0 Å². The topological polar surface area (TPSA) is 12.0 Å². The average Bonchev–Trinajstić information content (AvgIpc) is 2.74. The summed E-state index contributed by atoms with van der Waals surface area (Å²) < 4.78 is 0. The van der Waals surface area contributed by atoms with E-state index in [1.165, 1.54) is 50.5 Å². The molecule has 0 heterocycles. The molecule has 1 aliphatic carbocycles. The summed E-state index contributed by atoms with van der Waals surface area (Å²) in [4.78, 5) is 0. The van der Waals surface area contributed by atoms with Crippen LogP contribution in [0.25, 0.3) is 0 Å². The molecule has 1 fully saturated rings. The first-order chi connectivity index (χ1) is 9.31. The molecule has 0 spiro atoms. The Balaban J connectivity index is 1.93. The van der Waals surface area contributed by atoms with Gasteiger partial charge in [0.15, 0.2) is 0 Å². The van der Waals surface area contributed by atoms with E-state index in [4.69, 9.17) is 0 Å². The summed E-state index contributed by atoms with van der Waals surface area (Å²) in [7, 11) is 0. The van der Waals surface area contributed by atoms with Gasteiger partial charge in [0.25, 0.3) is 0 Å². The summed E-state index contributed by atoms with van der Waals surface area (Å²) in [5, 5.41) is 3.88. The first kappa shape index (κ1) is 14.6. The van der Waals surface area contributed by atoms with Crippen LogP contribution in [0, 0.1) is 5.92 Å². The molecule has 0 amide bonds. The van der Waals surface area contributed by atoms with Crippen molar-refractivity contribution in [3.05, 3.63) is 35.9 Å². The Morgan fingerprint density at radius 1 is 1.05 bits per heavy atom. The van der Waals surface area contributed by atoms with Crippen molar-refractivity contribution in [2.45, 2.75) is 70.9 Å². The zero-order valence-corrected chi connectivity index (χ0v) is 12.6. The fourth-order valence-corrected chi connectivity index (χ4v) is 3.40. The first-order valence-electron chi connectivity index (χ1n) is 8.12. The Bertz CT molecular complexity index is 338. The molecule has 0 bridgehead atoms. The van der Waals surface area contributed by atoms with E-state index in [0.717, 1.165) is 5.92 Å². The zero-order valence-electron chi connectivity index (χ0n) is 12.6. The van der Waals surface area contributed by atoms with Crippen molar-refractivity contribution in [3.63, 3.8) is 0 Å². The SMILES string of the molecule is CCC(N[C@@H](C)C1CCCCCC1)c1ccccc1. The molecule has 1 heteroatoms. The summed E-state index contributed by atoms with van der Waals surface area (Å²) in [5.74, 6) is 0.875. The molecule has 19 heavy (non-hydrogen) atoms. The quantitative estimate of drug-likeness (QED) is 0.727. The van der Waals surface area contributed by atoms with Gasteiger partial charge in [-0.25, -0.2) is 0 Å². The minimum Gasteiger partial charge on any atom is -0.307 e. The van der Waals surface area contributed by atoms with Gasteiger partial charge in [0.05, 0.1) is 0 Å². The molecule has 1 nitrogen and oxygen atoms in total. The van der Waals surface area contributed by atoms with Crippen molar-refractivity contribution >= 4 is 0 Å². The molecule has 1 aromatic carbocycles. The van der Waals surface area contributed by atoms with Crippen LogP contribution < -0.4 is 5.32 Å². The zero-order chi connectivity index (χ0) is 13.5. The summed E-state index contributed by atoms with van der Waals surface area (Å²) >= 11 is 0. The van der Waals surface area contributed by atoms with Crippen molar-refractivity contribution in [3.8, 4) is 0 Å². The van der Waals surface area contributed by atoms with Crippen LogP contribution in [0.15, 0.2) is 30.3 Å². The Labute approximate surface area is 118 Å². The van der Waals surface area contributed by atoms with Crippen LogP contribution in [0.1, 0.15) is 70.4 Å². The molecule has 0 aliphatic heterocycles. The Morgan fingerprint density at radius 3 is 2.26 bits per heavy atom. The van der Waals surface area contributed by atoms with Crippen LogP contribution in [0.2, 0.25) is 0 Å². The van der Waals surface area contributed by atoms with E-state index < -0.39 is 0 Å². The highest BCUT2D eigenvalue weighted by atomic mass is 14.9. The molecule has 0 aromatic heterocycles. The molecule has 2 atom stereocenters. The monoisotopic (exact) mass is 259 g/mol. The number of hydrogen-bond donors (Lipinski definition) is 1. The Hall–Kier alpha value is -0.820. The number of nitrogens with one attached hydrogen (secondary N) is 1. The minimum absolute atomic E-state index is 0.513. The lowest BCUT2D eigenvalue weighted by Gasteiger charge is -2.28. The van der Waals surface area contributed by atoms with Crippen LogP contribution in [0.5, 0.6) is 0 Å². The minimum atomic E-state index is 0.513. The molecular weight excluding hydrogens is 230 g/mol. The van der Waals surface area contributed by atoms with Gasteiger partial charge < -0.3 is 5.32 Å². The van der Waals surface area contributed by atoms with Gasteiger partial charge in [-0.2, -0.15) is 0 Å². The highest BCUT2D eigenvalue weighted by Gasteiger charge is 2.21. The van der Waals surface area contributed by atoms with Crippen molar-refractivity contribution in [1.29, 1.82) is 0 Å². The van der Waals surface area contributed by atoms with Crippen molar-refractivity contribution in [2.75, 3.05) is 0 Å². The van der Waals surface area contributed by atoms with E-state index in [2.05, 4.69) is 49.5 Å². The van der Waals surface area contributed by atoms with E-state index in [1.807, 2.05) is 0 Å². The van der Waals surface area contributed by atoms with Gasteiger partial charge in [0.2, 0.25) is 0 Å². The third-order valence-corrected chi connectivity index (χ3v) is 4.68. The second kappa shape index (κ2) is 7.69. The Morgan fingerprint density at radius 2 is 1.68 bits per heavy atom. The van der Waals surface area contributed by atoms with E-state index in [-0.39, 0.29) is 0 Å². The standard InChI is InChI=1S/C18H29N/c1-3-18(17-13-9-6-10-14-17)19-15(2)16-11-7-4-5-8-12-16/h6,9-10,13-16,18-19H,3-5,7-8,11-12H2,1-2H3/t15-,18?/m0/s1. The lowest BCUT2D eigenvalue weighted by atomic mass is 9.91. The highest BCUT2D eigenvalue weighted by Crippen LogP contribution is 2.27. The van der Waals surface area contributed by atoms with Crippen LogP contribution in [-0.2, 0) is 0 Å². The van der Waals surface area contributed by atoms with Gasteiger partial charge in [-0.1, -0.05) is 62.9 Å². The predicted molar refractivity (Wildman–Crippen MR) is 83.3 cm³/mol. The van der Waals surface area contributed by atoms with E-state index in [9.17, 15) is 0 Å². The average molecular weight is 259 g/mol. The van der Waals surface area contributed by atoms with Gasteiger partial charge in [-0.05, 0) is 37.7 Å². The molecule has 1 aromatic rings. The van der Waals surface area contributed by atoms with Crippen LogP contribution in [-0.4, -0.2) is 6.04 Å². The lowest BCUT2D eigenvalue weighted by molar-refractivity contribution is 0.306. The molecule has 106 valence electrons. The fraction of sp³-hybridized carbons (Fsp3) is 0.667. The van der Waals surface area contributed by atoms with E-state index in [0.29, 0.717) is 12.1 Å². The third kappa shape index (κ3) is 4.35. The predicted octanol–water partition coefficient (Wildman–Crippen LogP) is 5.09. The van der Waals surface area contributed by atoms with Crippen molar-refractivity contribution in [1.82, 2.24) is 5.32 Å². The maximum absolute atomic E-state index is 3.88. The van der Waals surface area contributed by atoms with Gasteiger partial charge in [0.1, 0.15) is 0 Å². The third-order valence-electron chi connectivity index (χ3n) is 4.68. The summed E-state index contributed by atoms with van der Waals surface area (Å²) in [6.07, 6.45) is 9.75. The van der Waals surface area contributed by atoms with E-state index in [1.54, 1.807) is 0 Å². The molecule has 1 saturated carbocycles. The summed E-state index contributed by atoms with van der Waals surface area (Å²) in [6, 6.07) is 12.1. The molecule has 2 rings (SSSR count). The molecular formula is C18H29N. The van der Waals surface area contributed by atoms with Crippen LogP contribution in [0.3, 0.4) is 0 Å². The van der Waals surface area contributed by atoms with Gasteiger partial charge in [0, 0.05) is 12.1 Å². The highest BCUT2D eigenvalue weighted by molar-refractivity contribution is 5.18. The molecule has 1 N–H and O–H groups in total. The molecule has 0 saturated heterocycles. The molecule has 0 radical (unpaired) electrons. The number of rotatable bonds is 5. The van der Waals surface area contributed by atoms with Gasteiger partial charge >= 0.3 is 0 Å². The second-order valence-electron chi connectivity index (χ2n) is 6.08. The number of hydrogen-bond acceptors (Lipinski definition) is 1. The van der Waals surface area contributed by atoms with Crippen molar-refractivity contribution < 1.29 is 0 Å². The molecule has 1 aliphatic rings. The fourth-order valence-electron chi connectivity index (χ4n) is 3.40. The van der Waals surface area contributed by atoms with Crippen LogP contribution >= 0.6 is 0 Å². The summed E-state index contributed by atoms with van der Waals surface area (Å²) in [5.41, 5.74) is 1.44. The van der Waals surface area contributed by atoms with Crippen molar-refractivity contribution in [2.24, 2.45) is 5.92 Å². The lowest BCUT2D eigenvalue weighted by Crippen LogP contribution is -2.36. The maximum Gasteiger partial charge on any atom is 0.0320 e. The maximum atomic E-state index is 3.88. The molecule has 1 unspecified atom stereocenters. The second-order valence-corrected chi connectivity index (χ2v) is 6.08.